The highest BCUT2D eigenvalue weighted by molar-refractivity contribution is 5.99. The number of nitrogens with zero attached hydrogens (tertiary/aromatic N) is 3. The van der Waals surface area contributed by atoms with E-state index in [0.29, 0.717) is 38.8 Å². The van der Waals surface area contributed by atoms with Gasteiger partial charge in [0.25, 0.3) is 0 Å². The van der Waals surface area contributed by atoms with Crippen LogP contribution in [0.1, 0.15) is 59.3 Å². The second-order valence-corrected chi connectivity index (χ2v) is 10.4. The maximum absolute atomic E-state index is 14.2. The second-order valence-electron chi connectivity index (χ2n) is 10.4. The number of fused-ring (bicyclic) bond motifs is 1. The van der Waals surface area contributed by atoms with Gasteiger partial charge in [-0.15, -0.1) is 13.2 Å². The number of hydrogen-bond acceptors (Lipinski definition) is 5. The Morgan fingerprint density at radius 2 is 1.91 bits per heavy atom. The van der Waals surface area contributed by atoms with Crippen molar-refractivity contribution < 1.29 is 24.2 Å². The van der Waals surface area contributed by atoms with Crippen LogP contribution in [0, 0.1) is 11.8 Å². The molecule has 3 amide bonds. The lowest BCUT2D eigenvalue weighted by molar-refractivity contribution is -0.155. The molecular formula is C27H43N3O5. The number of carbonyl (C=O) groups is 3. The molecule has 0 saturated carbocycles. The number of rotatable bonds is 13. The summed E-state index contributed by atoms with van der Waals surface area (Å²) in [7, 11) is 1.72. The molecule has 3 aliphatic rings. The molecule has 2 bridgehead atoms. The number of amides is 3. The molecule has 3 aliphatic heterocycles. The molecule has 0 aromatic heterocycles. The van der Waals surface area contributed by atoms with Gasteiger partial charge < -0.3 is 24.5 Å². The Bertz CT molecular complexity index is 847. The molecule has 0 radical (unpaired) electrons. The number of likely N-dealkylation sites (tertiary alicyclic amines) is 1. The number of carbonyl (C=O) groups excluding carboxylic acids is 3. The van der Waals surface area contributed by atoms with Crippen molar-refractivity contribution in [3.8, 4) is 0 Å². The Hall–Kier alpha value is -2.19. The van der Waals surface area contributed by atoms with Crippen molar-refractivity contribution in [3.05, 3.63) is 25.3 Å². The number of likely N-dealkylation sites (N-methyl/N-ethyl adjacent to an activating group) is 1. The molecule has 3 fully saturated rings. The van der Waals surface area contributed by atoms with Gasteiger partial charge in [0, 0.05) is 39.3 Å². The van der Waals surface area contributed by atoms with Crippen molar-refractivity contribution >= 4 is 17.7 Å². The smallest absolute Gasteiger partial charge is 0.248 e. The van der Waals surface area contributed by atoms with Crippen molar-refractivity contribution in [2.45, 2.75) is 82.6 Å². The summed E-state index contributed by atoms with van der Waals surface area (Å²) in [6, 6.07) is -0.840. The summed E-state index contributed by atoms with van der Waals surface area (Å²) in [6.45, 7) is 14.6. The molecule has 35 heavy (non-hydrogen) atoms. The summed E-state index contributed by atoms with van der Waals surface area (Å²) >= 11 is 0. The van der Waals surface area contributed by atoms with Gasteiger partial charge in [0.05, 0.1) is 17.4 Å². The van der Waals surface area contributed by atoms with Gasteiger partial charge in [0.1, 0.15) is 11.6 Å². The summed E-state index contributed by atoms with van der Waals surface area (Å²) in [4.78, 5) is 46.9. The normalized spacial score (nSPS) is 31.9. The zero-order valence-corrected chi connectivity index (χ0v) is 21.9. The van der Waals surface area contributed by atoms with E-state index in [4.69, 9.17) is 4.74 Å². The van der Waals surface area contributed by atoms with Crippen LogP contribution in [0.15, 0.2) is 25.3 Å². The van der Waals surface area contributed by atoms with Crippen LogP contribution in [0.25, 0.3) is 0 Å². The first-order chi connectivity index (χ1) is 16.7. The highest BCUT2D eigenvalue weighted by atomic mass is 16.5. The van der Waals surface area contributed by atoms with Crippen LogP contribution < -0.4 is 0 Å². The highest BCUT2D eigenvalue weighted by Crippen LogP contribution is 2.64. The summed E-state index contributed by atoms with van der Waals surface area (Å²) < 4.78 is 6.79. The molecule has 196 valence electrons. The van der Waals surface area contributed by atoms with E-state index < -0.39 is 29.1 Å². The van der Waals surface area contributed by atoms with Crippen molar-refractivity contribution in [1.82, 2.24) is 14.7 Å². The van der Waals surface area contributed by atoms with Crippen molar-refractivity contribution in [1.29, 1.82) is 0 Å². The molecule has 6 atom stereocenters. The van der Waals surface area contributed by atoms with Crippen LogP contribution in [0.4, 0.5) is 0 Å². The molecule has 0 aromatic carbocycles. The standard InChI is InChI=1S/C27H43N3O5/c1-7-12-19(5)29(16-9-3)25(34)22-27-14-13-26(10-4,35-27)20(23(32)28(6)15-8-2)21(27)24(33)30(22)17-11-18-31/h8-9,19-22,31H,2-3,7,10-18H2,1,4-6H3/t19?,20-,21-,22?,26+,27?/m0/s1. The predicted octanol–water partition coefficient (Wildman–Crippen LogP) is 2.37. The van der Waals surface area contributed by atoms with E-state index in [1.165, 1.54) is 0 Å². The lowest BCUT2D eigenvalue weighted by Gasteiger charge is -2.39. The predicted molar refractivity (Wildman–Crippen MR) is 134 cm³/mol. The number of aliphatic hydroxyl groups excluding tert-OH is 1. The molecule has 8 nitrogen and oxygen atoms in total. The summed E-state index contributed by atoms with van der Waals surface area (Å²) in [5, 5.41) is 9.53. The third kappa shape index (κ3) is 4.33. The van der Waals surface area contributed by atoms with Crippen LogP contribution in [-0.4, -0.2) is 94.1 Å². The lowest BCUT2D eigenvalue weighted by atomic mass is 9.64. The van der Waals surface area contributed by atoms with Crippen LogP contribution >= 0.6 is 0 Å². The minimum atomic E-state index is -1.04. The van der Waals surface area contributed by atoms with Gasteiger partial charge in [-0.2, -0.15) is 0 Å². The second kappa shape index (κ2) is 10.8. The minimum Gasteiger partial charge on any atom is -0.396 e. The molecular weight excluding hydrogens is 446 g/mol. The van der Waals surface area contributed by atoms with Crippen LogP contribution in [0.5, 0.6) is 0 Å². The molecule has 3 saturated heterocycles. The zero-order chi connectivity index (χ0) is 26.0. The number of ether oxygens (including phenoxy) is 1. The fraction of sp³-hybridized carbons (Fsp3) is 0.741. The maximum Gasteiger partial charge on any atom is 0.248 e. The van der Waals surface area contributed by atoms with E-state index in [0.717, 1.165) is 12.8 Å². The number of hydrogen-bond donors (Lipinski definition) is 1. The molecule has 3 unspecified atom stereocenters. The van der Waals surface area contributed by atoms with E-state index in [9.17, 15) is 19.5 Å². The van der Waals surface area contributed by atoms with Crippen LogP contribution in [0.2, 0.25) is 0 Å². The van der Waals surface area contributed by atoms with E-state index in [1.807, 2.05) is 13.8 Å². The highest BCUT2D eigenvalue weighted by Gasteiger charge is 2.78. The number of aliphatic hydroxyl groups is 1. The first kappa shape index (κ1) is 27.4. The molecule has 8 heteroatoms. The molecule has 3 rings (SSSR count). The van der Waals surface area contributed by atoms with Crippen LogP contribution in [-0.2, 0) is 19.1 Å². The van der Waals surface area contributed by atoms with E-state index >= 15 is 0 Å². The summed E-state index contributed by atoms with van der Waals surface area (Å²) in [5.41, 5.74) is -1.80. The topological polar surface area (TPSA) is 90.4 Å². The first-order valence-electron chi connectivity index (χ1n) is 13.1. The van der Waals surface area contributed by atoms with Crippen molar-refractivity contribution in [2.75, 3.05) is 33.3 Å². The molecule has 0 aromatic rings. The Balaban J connectivity index is 2.10. The molecule has 1 spiro atoms. The van der Waals surface area contributed by atoms with Gasteiger partial charge in [-0.3, -0.25) is 14.4 Å². The molecule has 0 aliphatic carbocycles. The van der Waals surface area contributed by atoms with Crippen molar-refractivity contribution in [3.63, 3.8) is 0 Å². The minimum absolute atomic E-state index is 0.0226. The lowest BCUT2D eigenvalue weighted by Crippen LogP contribution is -2.58. The third-order valence-corrected chi connectivity index (χ3v) is 8.36. The maximum atomic E-state index is 14.2. The summed E-state index contributed by atoms with van der Waals surface area (Å²) in [5.74, 6) is -1.85. The van der Waals surface area contributed by atoms with Gasteiger partial charge in [-0.05, 0) is 39.0 Å². The fourth-order valence-corrected chi connectivity index (χ4v) is 6.73. The Labute approximate surface area is 210 Å². The fourth-order valence-electron chi connectivity index (χ4n) is 6.73. The Morgan fingerprint density at radius 1 is 1.23 bits per heavy atom. The SMILES string of the molecule is C=CCN(C)C(=O)[C@@H]1[C@H]2C(=O)N(CCCO)C(C(=O)N(CC=C)C(C)CCC)C23CC[C@@]1(CC)O3. The van der Waals surface area contributed by atoms with Gasteiger partial charge in [-0.25, -0.2) is 0 Å². The quantitative estimate of drug-likeness (QED) is 0.401. The van der Waals surface area contributed by atoms with E-state index in [1.54, 1.807) is 33.9 Å². The van der Waals surface area contributed by atoms with Gasteiger partial charge in [0.2, 0.25) is 17.7 Å². The van der Waals surface area contributed by atoms with Crippen molar-refractivity contribution in [2.24, 2.45) is 11.8 Å². The largest absolute Gasteiger partial charge is 0.396 e. The average molecular weight is 490 g/mol. The Morgan fingerprint density at radius 3 is 2.49 bits per heavy atom. The van der Waals surface area contributed by atoms with E-state index in [-0.39, 0.29) is 36.9 Å². The zero-order valence-electron chi connectivity index (χ0n) is 21.9. The first-order valence-corrected chi connectivity index (χ1v) is 13.1. The average Bonchev–Trinajstić information content (AvgIpc) is 3.44. The van der Waals surface area contributed by atoms with Gasteiger partial charge in [0.15, 0.2) is 0 Å². The summed E-state index contributed by atoms with van der Waals surface area (Å²) in [6.07, 6.45) is 7.28. The molecule has 3 heterocycles. The van der Waals surface area contributed by atoms with E-state index in [2.05, 4.69) is 20.1 Å². The van der Waals surface area contributed by atoms with Gasteiger partial charge in [-0.1, -0.05) is 32.4 Å². The third-order valence-electron chi connectivity index (χ3n) is 8.36. The molecule has 1 N–H and O–H groups in total. The Kier molecular flexibility index (Phi) is 8.48. The monoisotopic (exact) mass is 489 g/mol. The van der Waals surface area contributed by atoms with Crippen LogP contribution in [0.3, 0.4) is 0 Å². The van der Waals surface area contributed by atoms with Gasteiger partial charge >= 0.3 is 0 Å².